The summed E-state index contributed by atoms with van der Waals surface area (Å²) in [6.45, 7) is 1.95. The molecule has 6 heteroatoms. The lowest BCUT2D eigenvalue weighted by molar-refractivity contribution is -0.121. The van der Waals surface area contributed by atoms with E-state index < -0.39 is 0 Å². The Labute approximate surface area is 109 Å². The molecule has 16 heavy (non-hydrogen) atoms. The molecule has 1 saturated heterocycles. The van der Waals surface area contributed by atoms with Crippen molar-refractivity contribution < 1.29 is 9.59 Å². The molecule has 1 aromatic rings. The van der Waals surface area contributed by atoms with Gasteiger partial charge >= 0.3 is 0 Å². The lowest BCUT2D eigenvalue weighted by atomic mass is 10.3. The molecular formula is C10H8Br2N2O2. The highest BCUT2D eigenvalue weighted by Gasteiger charge is 2.30. The molecule has 4 nitrogen and oxygen atoms in total. The largest absolute Gasteiger partial charge is 0.297 e. The SMILES string of the molecule is Cc1nc(N2CC(=O)CC2=O)c(Br)cc1Br. The van der Waals surface area contributed by atoms with Crippen molar-refractivity contribution >= 4 is 49.4 Å². The zero-order valence-corrected chi connectivity index (χ0v) is 11.6. The van der Waals surface area contributed by atoms with Gasteiger partial charge in [0, 0.05) is 4.47 Å². The number of amides is 1. The Balaban J connectivity index is 2.45. The fourth-order valence-electron chi connectivity index (χ4n) is 1.51. The van der Waals surface area contributed by atoms with Gasteiger partial charge in [-0.1, -0.05) is 0 Å². The Morgan fingerprint density at radius 3 is 2.56 bits per heavy atom. The summed E-state index contributed by atoms with van der Waals surface area (Å²) in [6, 6.07) is 1.83. The minimum Gasteiger partial charge on any atom is -0.297 e. The van der Waals surface area contributed by atoms with Crippen molar-refractivity contribution in [1.29, 1.82) is 0 Å². The Bertz CT molecular complexity index is 488. The van der Waals surface area contributed by atoms with Crippen molar-refractivity contribution in [2.45, 2.75) is 13.3 Å². The second kappa shape index (κ2) is 4.25. The third-order valence-electron chi connectivity index (χ3n) is 2.33. The standard InChI is InChI=1S/C10H8Br2N2O2/c1-5-7(11)3-8(12)10(13-5)14-4-6(15)2-9(14)16/h3H,2,4H2,1H3. The van der Waals surface area contributed by atoms with Gasteiger partial charge in [0.2, 0.25) is 5.91 Å². The second-order valence-electron chi connectivity index (χ2n) is 3.56. The van der Waals surface area contributed by atoms with Crippen LogP contribution in [0.4, 0.5) is 5.82 Å². The van der Waals surface area contributed by atoms with E-state index in [0.29, 0.717) is 10.3 Å². The Morgan fingerprint density at radius 1 is 1.31 bits per heavy atom. The van der Waals surface area contributed by atoms with Crippen LogP contribution in [0.3, 0.4) is 0 Å². The second-order valence-corrected chi connectivity index (χ2v) is 5.27. The molecule has 1 aliphatic heterocycles. The van der Waals surface area contributed by atoms with E-state index in [-0.39, 0.29) is 24.7 Å². The van der Waals surface area contributed by atoms with Gasteiger partial charge in [-0.25, -0.2) is 4.98 Å². The lowest BCUT2D eigenvalue weighted by Crippen LogP contribution is -2.26. The van der Waals surface area contributed by atoms with Crippen molar-refractivity contribution in [1.82, 2.24) is 4.98 Å². The summed E-state index contributed by atoms with van der Waals surface area (Å²) in [4.78, 5) is 28.5. The normalized spacial score (nSPS) is 16.1. The Kier molecular flexibility index (Phi) is 3.12. The number of halogens is 2. The lowest BCUT2D eigenvalue weighted by Gasteiger charge is -2.16. The van der Waals surface area contributed by atoms with E-state index in [9.17, 15) is 9.59 Å². The first-order valence-corrected chi connectivity index (χ1v) is 6.22. The van der Waals surface area contributed by atoms with Crippen molar-refractivity contribution in [3.05, 3.63) is 20.7 Å². The average Bonchev–Trinajstić information content (AvgIpc) is 2.51. The van der Waals surface area contributed by atoms with Gasteiger partial charge in [-0.05, 0) is 44.8 Å². The van der Waals surface area contributed by atoms with Gasteiger partial charge in [-0.2, -0.15) is 0 Å². The van der Waals surface area contributed by atoms with Gasteiger partial charge in [0.1, 0.15) is 5.82 Å². The number of hydrogen-bond donors (Lipinski definition) is 0. The van der Waals surface area contributed by atoms with Crippen molar-refractivity contribution in [2.24, 2.45) is 0 Å². The summed E-state index contributed by atoms with van der Waals surface area (Å²) in [7, 11) is 0. The maximum atomic E-state index is 11.6. The zero-order chi connectivity index (χ0) is 11.9. The van der Waals surface area contributed by atoms with Crippen LogP contribution < -0.4 is 4.90 Å². The first-order valence-electron chi connectivity index (χ1n) is 4.63. The van der Waals surface area contributed by atoms with E-state index in [0.717, 1.165) is 10.2 Å². The molecule has 1 aliphatic rings. The van der Waals surface area contributed by atoms with E-state index in [1.807, 2.05) is 13.0 Å². The predicted octanol–water partition coefficient (Wildman–Crippen LogP) is 2.22. The molecule has 0 aromatic carbocycles. The molecular weight excluding hydrogens is 340 g/mol. The molecule has 0 N–H and O–H groups in total. The van der Waals surface area contributed by atoms with E-state index in [1.54, 1.807) is 0 Å². The quantitative estimate of drug-likeness (QED) is 0.732. The van der Waals surface area contributed by atoms with E-state index in [2.05, 4.69) is 36.8 Å². The van der Waals surface area contributed by atoms with Gasteiger partial charge in [-0.15, -0.1) is 0 Å². The number of carbonyl (C=O) groups is 2. The van der Waals surface area contributed by atoms with Crippen LogP contribution in [0.25, 0.3) is 0 Å². The van der Waals surface area contributed by atoms with E-state index >= 15 is 0 Å². The molecule has 2 rings (SSSR count). The monoisotopic (exact) mass is 346 g/mol. The van der Waals surface area contributed by atoms with Gasteiger partial charge in [0.15, 0.2) is 5.78 Å². The van der Waals surface area contributed by atoms with Gasteiger partial charge in [0.25, 0.3) is 0 Å². The number of ketones is 1. The average molecular weight is 348 g/mol. The minimum atomic E-state index is -0.195. The zero-order valence-electron chi connectivity index (χ0n) is 8.46. The molecule has 84 valence electrons. The Morgan fingerprint density at radius 2 is 2.00 bits per heavy atom. The van der Waals surface area contributed by atoms with Crippen molar-refractivity contribution in [2.75, 3.05) is 11.4 Å². The van der Waals surface area contributed by atoms with Gasteiger partial charge in [0.05, 0.1) is 23.1 Å². The molecule has 0 spiro atoms. The summed E-state index contributed by atoms with van der Waals surface area (Å²) in [5.74, 6) is 0.246. The summed E-state index contributed by atoms with van der Waals surface area (Å²) in [5.41, 5.74) is 0.783. The smallest absolute Gasteiger partial charge is 0.236 e. The molecule has 1 aromatic heterocycles. The van der Waals surface area contributed by atoms with Crippen LogP contribution in [-0.2, 0) is 9.59 Å². The fraction of sp³-hybridized carbons (Fsp3) is 0.300. The predicted molar refractivity (Wildman–Crippen MR) is 66.4 cm³/mol. The third-order valence-corrected chi connectivity index (χ3v) is 3.71. The van der Waals surface area contributed by atoms with Crippen LogP contribution in [0.2, 0.25) is 0 Å². The number of anilines is 1. The number of aromatic nitrogens is 1. The number of carbonyl (C=O) groups excluding carboxylic acids is 2. The number of pyridine rings is 1. The highest BCUT2D eigenvalue weighted by atomic mass is 79.9. The van der Waals surface area contributed by atoms with E-state index in [4.69, 9.17) is 0 Å². The van der Waals surface area contributed by atoms with Crippen molar-refractivity contribution in [3.63, 3.8) is 0 Å². The molecule has 0 unspecified atom stereocenters. The van der Waals surface area contributed by atoms with Gasteiger partial charge in [-0.3, -0.25) is 14.5 Å². The van der Waals surface area contributed by atoms with Crippen LogP contribution in [-0.4, -0.2) is 23.2 Å². The molecule has 1 amide bonds. The summed E-state index contributed by atoms with van der Waals surface area (Å²) in [5, 5.41) is 0. The summed E-state index contributed by atoms with van der Waals surface area (Å²) >= 11 is 6.69. The summed E-state index contributed by atoms with van der Waals surface area (Å²) in [6.07, 6.45) is -0.0246. The van der Waals surface area contributed by atoms with Crippen LogP contribution in [0, 0.1) is 6.92 Å². The maximum absolute atomic E-state index is 11.6. The number of aryl methyl sites for hydroxylation is 1. The molecule has 0 aliphatic carbocycles. The van der Waals surface area contributed by atoms with Crippen molar-refractivity contribution in [3.8, 4) is 0 Å². The number of nitrogens with zero attached hydrogens (tertiary/aromatic N) is 2. The first kappa shape index (κ1) is 11.7. The van der Waals surface area contributed by atoms with Crippen LogP contribution >= 0.6 is 31.9 Å². The highest BCUT2D eigenvalue weighted by Crippen LogP contribution is 2.30. The van der Waals surface area contributed by atoms with E-state index in [1.165, 1.54) is 4.90 Å². The minimum absolute atomic E-state index is 0.0246. The number of hydrogen-bond acceptors (Lipinski definition) is 3. The highest BCUT2D eigenvalue weighted by molar-refractivity contribution is 9.11. The molecule has 2 heterocycles. The molecule has 0 bridgehead atoms. The third kappa shape index (κ3) is 2.04. The molecule has 0 saturated carbocycles. The Hall–Kier alpha value is -0.750. The number of rotatable bonds is 1. The summed E-state index contributed by atoms with van der Waals surface area (Å²) < 4.78 is 1.56. The number of Topliss-reactive ketones (excluding diaryl/α,β-unsaturated/α-hetero) is 1. The molecule has 0 radical (unpaired) electrons. The topological polar surface area (TPSA) is 50.3 Å². The first-order chi connectivity index (χ1) is 7.49. The maximum Gasteiger partial charge on any atom is 0.236 e. The van der Waals surface area contributed by atoms with Crippen LogP contribution in [0.15, 0.2) is 15.0 Å². The van der Waals surface area contributed by atoms with Crippen LogP contribution in [0.1, 0.15) is 12.1 Å². The molecule has 1 fully saturated rings. The fourth-order valence-corrected chi connectivity index (χ4v) is 2.67. The van der Waals surface area contributed by atoms with Gasteiger partial charge < -0.3 is 0 Å². The molecule has 0 atom stereocenters. The van der Waals surface area contributed by atoms with Crippen LogP contribution in [0.5, 0.6) is 0 Å².